The van der Waals surface area contributed by atoms with E-state index in [2.05, 4.69) is 4.72 Å². The third-order valence-corrected chi connectivity index (χ3v) is 4.62. The van der Waals surface area contributed by atoms with E-state index in [9.17, 15) is 12.8 Å². The summed E-state index contributed by atoms with van der Waals surface area (Å²) in [5.74, 6) is -0.779. The Bertz CT molecular complexity index is 719. The molecule has 0 fully saturated rings. The second kappa shape index (κ2) is 5.91. The van der Waals surface area contributed by atoms with E-state index in [1.807, 2.05) is 0 Å². The fourth-order valence-electron chi connectivity index (χ4n) is 1.80. The van der Waals surface area contributed by atoms with E-state index in [0.29, 0.717) is 10.6 Å². The number of benzene rings is 2. The lowest BCUT2D eigenvalue weighted by molar-refractivity contribution is 0.547. The highest BCUT2D eigenvalue weighted by molar-refractivity contribution is 7.89. The molecule has 106 valence electrons. The molecule has 0 aliphatic rings. The fourth-order valence-corrected chi connectivity index (χ4v) is 3.31. The average molecular weight is 314 g/mol. The van der Waals surface area contributed by atoms with Crippen LogP contribution in [0.4, 0.5) is 4.39 Å². The molecule has 1 atom stereocenters. The van der Waals surface area contributed by atoms with Crippen molar-refractivity contribution < 1.29 is 12.8 Å². The highest BCUT2D eigenvalue weighted by Crippen LogP contribution is 2.21. The number of sulfonamides is 1. The fraction of sp³-hybridized carbons (Fsp3) is 0.143. The molecule has 1 N–H and O–H groups in total. The first-order valence-electron chi connectivity index (χ1n) is 5.92. The number of hydrogen-bond acceptors (Lipinski definition) is 2. The van der Waals surface area contributed by atoms with Crippen molar-refractivity contribution in [2.24, 2.45) is 0 Å². The Morgan fingerprint density at radius 2 is 1.85 bits per heavy atom. The summed E-state index contributed by atoms with van der Waals surface area (Å²) >= 11 is 5.87. The monoisotopic (exact) mass is 313 g/mol. The predicted molar refractivity (Wildman–Crippen MR) is 76.6 cm³/mol. The zero-order valence-electron chi connectivity index (χ0n) is 10.7. The molecular weight excluding hydrogens is 301 g/mol. The van der Waals surface area contributed by atoms with Crippen molar-refractivity contribution >= 4 is 21.6 Å². The molecule has 2 rings (SSSR count). The minimum absolute atomic E-state index is 0.367. The lowest BCUT2D eigenvalue weighted by atomic mass is 10.1. The second-order valence-electron chi connectivity index (χ2n) is 4.33. The van der Waals surface area contributed by atoms with E-state index < -0.39 is 21.9 Å². The van der Waals surface area contributed by atoms with Crippen LogP contribution in [-0.4, -0.2) is 8.42 Å². The van der Waals surface area contributed by atoms with E-state index in [1.165, 1.54) is 18.2 Å². The Labute approximate surface area is 122 Å². The van der Waals surface area contributed by atoms with E-state index in [0.717, 1.165) is 6.07 Å². The number of halogens is 2. The highest BCUT2D eigenvalue weighted by atomic mass is 35.5. The zero-order valence-corrected chi connectivity index (χ0v) is 12.2. The molecule has 0 radical (unpaired) electrons. The van der Waals surface area contributed by atoms with Crippen LogP contribution >= 0.6 is 11.6 Å². The van der Waals surface area contributed by atoms with Crippen LogP contribution in [-0.2, 0) is 10.0 Å². The van der Waals surface area contributed by atoms with Crippen molar-refractivity contribution in [3.05, 3.63) is 64.9 Å². The Morgan fingerprint density at radius 1 is 1.15 bits per heavy atom. The molecule has 0 heterocycles. The maximum Gasteiger partial charge on any atom is 0.244 e. The van der Waals surface area contributed by atoms with Gasteiger partial charge in [-0.05, 0) is 36.8 Å². The summed E-state index contributed by atoms with van der Waals surface area (Å²) < 4.78 is 40.3. The normalized spacial score (nSPS) is 13.2. The third-order valence-electron chi connectivity index (χ3n) is 2.81. The molecule has 3 nitrogen and oxygen atoms in total. The first-order valence-corrected chi connectivity index (χ1v) is 7.78. The summed E-state index contributed by atoms with van der Waals surface area (Å²) in [6, 6.07) is 11.6. The van der Waals surface area contributed by atoms with E-state index >= 15 is 0 Å². The van der Waals surface area contributed by atoms with Crippen molar-refractivity contribution in [2.45, 2.75) is 17.9 Å². The zero-order chi connectivity index (χ0) is 14.8. The van der Waals surface area contributed by atoms with Crippen molar-refractivity contribution in [1.29, 1.82) is 0 Å². The van der Waals surface area contributed by atoms with Crippen molar-refractivity contribution in [1.82, 2.24) is 4.72 Å². The van der Waals surface area contributed by atoms with Crippen molar-refractivity contribution in [2.75, 3.05) is 0 Å². The Hall–Kier alpha value is -1.43. The van der Waals surface area contributed by atoms with Gasteiger partial charge >= 0.3 is 0 Å². The van der Waals surface area contributed by atoms with Gasteiger partial charge in [0.2, 0.25) is 10.0 Å². The van der Waals surface area contributed by atoms with Crippen LogP contribution in [0.3, 0.4) is 0 Å². The van der Waals surface area contributed by atoms with Gasteiger partial charge in [0.25, 0.3) is 0 Å². The Morgan fingerprint density at radius 3 is 2.50 bits per heavy atom. The average Bonchev–Trinajstić information content (AvgIpc) is 2.38. The van der Waals surface area contributed by atoms with Gasteiger partial charge in [-0.1, -0.05) is 35.9 Å². The van der Waals surface area contributed by atoms with E-state index in [-0.39, 0.29) is 4.90 Å². The predicted octanol–water partition coefficient (Wildman–Crippen LogP) is 3.52. The summed E-state index contributed by atoms with van der Waals surface area (Å²) in [5.41, 5.74) is 0.706. The molecular formula is C14H13ClFNO2S. The van der Waals surface area contributed by atoms with Crippen LogP contribution in [0.1, 0.15) is 18.5 Å². The minimum Gasteiger partial charge on any atom is -0.207 e. The standard InChI is InChI=1S/C14H13ClFNO2S/c1-10(11-5-4-6-12(15)9-11)17-20(18,19)14-8-3-2-7-13(14)16/h2-10,17H,1H3. The molecule has 6 heteroatoms. The van der Waals surface area contributed by atoms with Gasteiger partial charge in [0.05, 0.1) is 0 Å². The molecule has 0 aliphatic carbocycles. The van der Waals surface area contributed by atoms with Gasteiger partial charge in [0.15, 0.2) is 0 Å². The van der Waals surface area contributed by atoms with Gasteiger partial charge in [-0.2, -0.15) is 0 Å². The quantitative estimate of drug-likeness (QED) is 0.938. The lowest BCUT2D eigenvalue weighted by Crippen LogP contribution is -2.27. The molecule has 20 heavy (non-hydrogen) atoms. The van der Waals surface area contributed by atoms with E-state index in [4.69, 9.17) is 11.6 Å². The Balaban J connectivity index is 2.27. The number of rotatable bonds is 4. The van der Waals surface area contributed by atoms with Gasteiger partial charge in [0, 0.05) is 11.1 Å². The molecule has 2 aromatic rings. The van der Waals surface area contributed by atoms with Gasteiger partial charge in [-0.15, -0.1) is 0 Å². The van der Waals surface area contributed by atoms with Crippen LogP contribution < -0.4 is 4.72 Å². The third kappa shape index (κ3) is 3.36. The summed E-state index contributed by atoms with van der Waals surface area (Å²) in [6.07, 6.45) is 0. The van der Waals surface area contributed by atoms with Gasteiger partial charge in [-0.25, -0.2) is 17.5 Å². The lowest BCUT2D eigenvalue weighted by Gasteiger charge is -2.15. The first-order chi connectivity index (χ1) is 9.40. The maximum atomic E-state index is 13.6. The number of hydrogen-bond donors (Lipinski definition) is 1. The summed E-state index contributed by atoms with van der Waals surface area (Å²) in [4.78, 5) is -0.367. The number of nitrogens with one attached hydrogen (secondary N) is 1. The molecule has 0 saturated heterocycles. The van der Waals surface area contributed by atoms with Gasteiger partial charge in [0.1, 0.15) is 10.7 Å². The SMILES string of the molecule is CC(NS(=O)(=O)c1ccccc1F)c1cccc(Cl)c1. The molecule has 0 amide bonds. The highest BCUT2D eigenvalue weighted by Gasteiger charge is 2.21. The molecule has 0 aromatic heterocycles. The van der Waals surface area contributed by atoms with Gasteiger partial charge < -0.3 is 0 Å². The Kier molecular flexibility index (Phi) is 4.42. The summed E-state index contributed by atoms with van der Waals surface area (Å²) in [7, 11) is -3.92. The smallest absolute Gasteiger partial charge is 0.207 e. The van der Waals surface area contributed by atoms with Crippen LogP contribution in [0.5, 0.6) is 0 Å². The summed E-state index contributed by atoms with van der Waals surface area (Å²) in [5, 5.41) is 0.513. The largest absolute Gasteiger partial charge is 0.244 e. The summed E-state index contributed by atoms with van der Waals surface area (Å²) in [6.45, 7) is 1.67. The van der Waals surface area contributed by atoms with Crippen molar-refractivity contribution in [3.63, 3.8) is 0 Å². The molecule has 0 bridgehead atoms. The topological polar surface area (TPSA) is 46.2 Å². The molecule has 0 aliphatic heterocycles. The maximum absolute atomic E-state index is 13.6. The van der Waals surface area contributed by atoms with Crippen molar-refractivity contribution in [3.8, 4) is 0 Å². The minimum atomic E-state index is -3.92. The van der Waals surface area contributed by atoms with Crippen LogP contribution in [0.2, 0.25) is 5.02 Å². The second-order valence-corrected chi connectivity index (χ2v) is 6.45. The van der Waals surface area contributed by atoms with Crippen LogP contribution in [0.15, 0.2) is 53.4 Å². The van der Waals surface area contributed by atoms with E-state index in [1.54, 1.807) is 31.2 Å². The first kappa shape index (κ1) is 15.0. The van der Waals surface area contributed by atoms with Crippen LogP contribution in [0.25, 0.3) is 0 Å². The van der Waals surface area contributed by atoms with Gasteiger partial charge in [-0.3, -0.25) is 0 Å². The molecule has 1 unspecified atom stereocenters. The van der Waals surface area contributed by atoms with Crippen LogP contribution in [0, 0.1) is 5.82 Å². The molecule has 0 spiro atoms. The molecule has 2 aromatic carbocycles. The molecule has 0 saturated carbocycles.